The van der Waals surface area contributed by atoms with E-state index < -0.39 is 24.5 Å². The van der Waals surface area contributed by atoms with Gasteiger partial charge in [0.05, 0.1) is 6.04 Å². The normalized spacial score (nSPS) is 14.1. The molecule has 16 heavy (non-hydrogen) atoms. The topological polar surface area (TPSA) is 76.7 Å². The van der Waals surface area contributed by atoms with Crippen LogP contribution in [-0.4, -0.2) is 20.9 Å². The van der Waals surface area contributed by atoms with Crippen molar-refractivity contribution in [3.63, 3.8) is 0 Å². The van der Waals surface area contributed by atoms with Gasteiger partial charge in [0.25, 0.3) is 0 Å². The highest BCUT2D eigenvalue weighted by Gasteiger charge is 2.31. The van der Waals surface area contributed by atoms with E-state index in [4.69, 9.17) is 5.73 Å². The minimum Gasteiger partial charge on any atom is -0.321 e. The number of H-pyrrole nitrogens is 1. The third kappa shape index (κ3) is 3.09. The van der Waals surface area contributed by atoms with E-state index in [1.807, 2.05) is 12.0 Å². The van der Waals surface area contributed by atoms with Crippen LogP contribution in [0.1, 0.15) is 31.6 Å². The summed E-state index contributed by atoms with van der Waals surface area (Å²) in [6, 6.07) is -0.661. The van der Waals surface area contributed by atoms with Gasteiger partial charge in [0.2, 0.25) is 0 Å². The highest BCUT2D eigenvalue weighted by atomic mass is 19.4. The molecule has 0 amide bonds. The first-order valence-corrected chi connectivity index (χ1v) is 4.82. The van der Waals surface area contributed by atoms with E-state index in [0.717, 1.165) is 0 Å². The Bertz CT molecular complexity index is 395. The summed E-state index contributed by atoms with van der Waals surface area (Å²) in [5, 5.41) is 5.50. The van der Waals surface area contributed by atoms with E-state index in [9.17, 15) is 18.0 Å². The number of nitrogens with zero attached hydrogens (tertiary/aromatic N) is 2. The zero-order valence-corrected chi connectivity index (χ0v) is 8.71. The summed E-state index contributed by atoms with van der Waals surface area (Å²) in [6.07, 6.45) is -3.29. The average Bonchev–Trinajstić information content (AvgIpc) is 2.46. The Labute approximate surface area is 89.4 Å². The molecule has 0 aliphatic rings. The van der Waals surface area contributed by atoms with Crippen LogP contribution in [0.4, 0.5) is 13.2 Å². The van der Waals surface area contributed by atoms with Crippen LogP contribution < -0.4 is 11.4 Å². The maximum atomic E-state index is 12.2. The van der Waals surface area contributed by atoms with Crippen molar-refractivity contribution in [2.45, 2.75) is 38.5 Å². The summed E-state index contributed by atoms with van der Waals surface area (Å²) in [5.41, 5.74) is 4.74. The lowest BCUT2D eigenvalue weighted by atomic mass is 10.2. The first-order chi connectivity index (χ1) is 7.35. The fraction of sp³-hybridized carbons (Fsp3) is 0.750. The molecule has 1 rings (SSSR count). The lowest BCUT2D eigenvalue weighted by Crippen LogP contribution is -2.30. The number of aromatic nitrogens is 3. The van der Waals surface area contributed by atoms with Gasteiger partial charge < -0.3 is 5.73 Å². The van der Waals surface area contributed by atoms with Gasteiger partial charge >= 0.3 is 11.9 Å². The number of halogens is 3. The zero-order chi connectivity index (χ0) is 12.3. The summed E-state index contributed by atoms with van der Waals surface area (Å²) in [7, 11) is 0. The van der Waals surface area contributed by atoms with Crippen LogP contribution in [0.25, 0.3) is 0 Å². The number of nitrogens with one attached hydrogen (secondary N) is 1. The Hall–Kier alpha value is -1.31. The Morgan fingerprint density at radius 3 is 2.69 bits per heavy atom. The SMILES string of the molecule is CCCC(N)c1n[nH]c(=O)n1CC(F)(F)F. The predicted molar refractivity (Wildman–Crippen MR) is 50.7 cm³/mol. The molecule has 0 saturated carbocycles. The van der Waals surface area contributed by atoms with Crippen molar-refractivity contribution in [3.05, 3.63) is 16.3 Å². The van der Waals surface area contributed by atoms with E-state index in [-0.39, 0.29) is 5.82 Å². The van der Waals surface area contributed by atoms with Gasteiger partial charge in [0.1, 0.15) is 6.54 Å². The number of aromatic amines is 1. The molecule has 0 spiro atoms. The second kappa shape index (κ2) is 4.69. The molecule has 0 aliphatic heterocycles. The monoisotopic (exact) mass is 238 g/mol. The first-order valence-electron chi connectivity index (χ1n) is 4.82. The first kappa shape index (κ1) is 12.8. The molecule has 5 nitrogen and oxygen atoms in total. The molecular weight excluding hydrogens is 225 g/mol. The molecule has 0 aliphatic carbocycles. The summed E-state index contributed by atoms with van der Waals surface area (Å²) in [4.78, 5) is 11.1. The Morgan fingerprint density at radius 1 is 1.56 bits per heavy atom. The number of hydrogen-bond acceptors (Lipinski definition) is 3. The van der Waals surface area contributed by atoms with Crippen molar-refractivity contribution in [3.8, 4) is 0 Å². The lowest BCUT2D eigenvalue weighted by Gasteiger charge is -2.12. The van der Waals surface area contributed by atoms with Crippen LogP contribution in [0.2, 0.25) is 0 Å². The summed E-state index contributed by atoms with van der Waals surface area (Å²) in [6.45, 7) is 0.480. The molecular formula is C8H13F3N4O. The van der Waals surface area contributed by atoms with Crippen LogP contribution in [-0.2, 0) is 6.54 Å². The van der Waals surface area contributed by atoms with Crippen molar-refractivity contribution in [1.29, 1.82) is 0 Å². The van der Waals surface area contributed by atoms with Crippen LogP contribution >= 0.6 is 0 Å². The molecule has 8 heteroatoms. The van der Waals surface area contributed by atoms with Crippen LogP contribution in [0.15, 0.2) is 4.79 Å². The highest BCUT2D eigenvalue weighted by molar-refractivity contribution is 4.94. The molecule has 1 aromatic rings. The highest BCUT2D eigenvalue weighted by Crippen LogP contribution is 2.19. The van der Waals surface area contributed by atoms with Gasteiger partial charge in [-0.15, -0.1) is 0 Å². The molecule has 3 N–H and O–H groups in total. The van der Waals surface area contributed by atoms with Crippen LogP contribution in [0.3, 0.4) is 0 Å². The van der Waals surface area contributed by atoms with Gasteiger partial charge in [-0.2, -0.15) is 18.3 Å². The van der Waals surface area contributed by atoms with Crippen molar-refractivity contribution in [1.82, 2.24) is 14.8 Å². The molecule has 0 saturated heterocycles. The van der Waals surface area contributed by atoms with Crippen molar-refractivity contribution in [2.24, 2.45) is 5.73 Å². The maximum Gasteiger partial charge on any atom is 0.406 e. The van der Waals surface area contributed by atoms with Crippen LogP contribution in [0.5, 0.6) is 0 Å². The second-order valence-electron chi connectivity index (χ2n) is 3.48. The van der Waals surface area contributed by atoms with Crippen molar-refractivity contribution in [2.75, 3.05) is 0 Å². The summed E-state index contributed by atoms with van der Waals surface area (Å²) in [5.74, 6) is -0.0517. The second-order valence-corrected chi connectivity index (χ2v) is 3.48. The standard InChI is InChI=1S/C8H13F3N4O/c1-2-3-5(12)6-13-14-7(16)15(6)4-8(9,10)11/h5H,2-4,12H2,1H3,(H,14,16). The fourth-order valence-electron chi connectivity index (χ4n) is 1.39. The van der Waals surface area contributed by atoms with E-state index in [1.54, 1.807) is 0 Å². The quantitative estimate of drug-likeness (QED) is 0.819. The van der Waals surface area contributed by atoms with E-state index in [0.29, 0.717) is 17.4 Å². The van der Waals surface area contributed by atoms with Gasteiger partial charge in [-0.3, -0.25) is 4.57 Å². The van der Waals surface area contributed by atoms with Gasteiger partial charge in [-0.25, -0.2) is 9.89 Å². The Balaban J connectivity index is 2.98. The smallest absolute Gasteiger partial charge is 0.321 e. The van der Waals surface area contributed by atoms with Gasteiger partial charge in [-0.1, -0.05) is 13.3 Å². The van der Waals surface area contributed by atoms with E-state index in [1.165, 1.54) is 0 Å². The summed E-state index contributed by atoms with van der Waals surface area (Å²) < 4.78 is 37.1. The van der Waals surface area contributed by atoms with Gasteiger partial charge in [0.15, 0.2) is 5.82 Å². The molecule has 0 fully saturated rings. The maximum absolute atomic E-state index is 12.2. The van der Waals surface area contributed by atoms with E-state index in [2.05, 4.69) is 5.10 Å². The Morgan fingerprint density at radius 2 is 2.19 bits per heavy atom. The van der Waals surface area contributed by atoms with Gasteiger partial charge in [0, 0.05) is 0 Å². The summed E-state index contributed by atoms with van der Waals surface area (Å²) >= 11 is 0. The number of hydrogen-bond donors (Lipinski definition) is 2. The number of alkyl halides is 3. The molecule has 1 aromatic heterocycles. The molecule has 0 bridgehead atoms. The lowest BCUT2D eigenvalue weighted by molar-refractivity contribution is -0.141. The molecule has 1 atom stereocenters. The fourth-order valence-corrected chi connectivity index (χ4v) is 1.39. The molecule has 92 valence electrons. The van der Waals surface area contributed by atoms with E-state index >= 15 is 0 Å². The largest absolute Gasteiger partial charge is 0.406 e. The molecule has 0 radical (unpaired) electrons. The third-order valence-corrected chi connectivity index (χ3v) is 2.06. The van der Waals surface area contributed by atoms with Crippen LogP contribution in [0, 0.1) is 0 Å². The van der Waals surface area contributed by atoms with Crippen molar-refractivity contribution < 1.29 is 13.2 Å². The molecule has 0 aromatic carbocycles. The van der Waals surface area contributed by atoms with Gasteiger partial charge in [-0.05, 0) is 6.42 Å². The number of rotatable bonds is 4. The molecule has 1 unspecified atom stereocenters. The minimum atomic E-state index is -4.46. The zero-order valence-electron chi connectivity index (χ0n) is 8.71. The van der Waals surface area contributed by atoms with Crippen molar-refractivity contribution >= 4 is 0 Å². The number of nitrogens with two attached hydrogens (primary N) is 1. The Kier molecular flexibility index (Phi) is 3.74. The minimum absolute atomic E-state index is 0.0517. The molecule has 1 heterocycles. The average molecular weight is 238 g/mol. The predicted octanol–water partition coefficient (Wildman–Crippen LogP) is 0.934. The third-order valence-electron chi connectivity index (χ3n) is 2.06.